The maximum atomic E-state index is 12.0. The molecular weight excluding hydrogens is 303 g/mol. The standard InChI is InChI=1S/C13H19ClN2O3.ClH/c1-3-8(17)4-5-16-13(18)9-6-10(14)11(15)7-12(9)19-2;/h6-8,17H,3-5,15H2,1-2H3,(H,16,18);1H. The van der Waals surface area contributed by atoms with E-state index in [1.165, 1.54) is 19.2 Å². The summed E-state index contributed by atoms with van der Waals surface area (Å²) in [5.41, 5.74) is 6.33. The van der Waals surface area contributed by atoms with Crippen LogP contribution in [0.1, 0.15) is 30.1 Å². The molecule has 0 aliphatic carbocycles. The van der Waals surface area contributed by atoms with E-state index in [9.17, 15) is 9.90 Å². The summed E-state index contributed by atoms with van der Waals surface area (Å²) in [6.45, 7) is 2.27. The van der Waals surface area contributed by atoms with Crippen molar-refractivity contribution in [1.29, 1.82) is 0 Å². The number of carbonyl (C=O) groups is 1. The van der Waals surface area contributed by atoms with Crippen LogP contribution in [0, 0.1) is 0 Å². The van der Waals surface area contributed by atoms with Crippen molar-refractivity contribution in [3.63, 3.8) is 0 Å². The van der Waals surface area contributed by atoms with Gasteiger partial charge in [0.05, 0.1) is 29.5 Å². The molecule has 5 nitrogen and oxygen atoms in total. The summed E-state index contributed by atoms with van der Waals surface area (Å²) in [5.74, 6) is 0.0671. The molecule has 0 bridgehead atoms. The number of carbonyl (C=O) groups excluding carboxylic acids is 1. The Morgan fingerprint density at radius 2 is 2.20 bits per heavy atom. The average molecular weight is 323 g/mol. The lowest BCUT2D eigenvalue weighted by Gasteiger charge is -2.12. The van der Waals surface area contributed by atoms with Gasteiger partial charge >= 0.3 is 0 Å². The zero-order chi connectivity index (χ0) is 14.4. The third-order valence-corrected chi connectivity index (χ3v) is 3.13. The molecule has 4 N–H and O–H groups in total. The van der Waals surface area contributed by atoms with Gasteiger partial charge in [0.15, 0.2) is 0 Å². The molecule has 1 rings (SSSR count). The van der Waals surface area contributed by atoms with E-state index in [0.717, 1.165) is 0 Å². The zero-order valence-corrected chi connectivity index (χ0v) is 13.1. The summed E-state index contributed by atoms with van der Waals surface area (Å²) in [7, 11) is 1.46. The molecule has 1 aromatic rings. The van der Waals surface area contributed by atoms with Crippen molar-refractivity contribution >= 4 is 35.6 Å². The molecule has 1 atom stereocenters. The lowest BCUT2D eigenvalue weighted by Crippen LogP contribution is -2.27. The number of benzene rings is 1. The molecule has 114 valence electrons. The minimum Gasteiger partial charge on any atom is -0.496 e. The molecule has 0 heterocycles. The van der Waals surface area contributed by atoms with E-state index in [4.69, 9.17) is 22.1 Å². The first kappa shape index (κ1) is 18.8. The molecular formula is C13H20Cl2N2O3. The van der Waals surface area contributed by atoms with Crippen LogP contribution in [0.4, 0.5) is 5.69 Å². The van der Waals surface area contributed by atoms with Gasteiger partial charge in [0, 0.05) is 12.6 Å². The summed E-state index contributed by atoms with van der Waals surface area (Å²) in [4.78, 5) is 12.0. The Morgan fingerprint density at radius 1 is 1.55 bits per heavy atom. The van der Waals surface area contributed by atoms with Gasteiger partial charge in [-0.25, -0.2) is 0 Å². The van der Waals surface area contributed by atoms with Crippen LogP contribution < -0.4 is 15.8 Å². The number of hydrogen-bond acceptors (Lipinski definition) is 4. The predicted octanol–water partition coefficient (Wildman–Crippen LogP) is 2.24. The Morgan fingerprint density at radius 3 is 2.75 bits per heavy atom. The molecule has 20 heavy (non-hydrogen) atoms. The normalized spacial score (nSPS) is 11.4. The fourth-order valence-corrected chi connectivity index (χ4v) is 1.73. The van der Waals surface area contributed by atoms with Crippen molar-refractivity contribution in [1.82, 2.24) is 5.32 Å². The lowest BCUT2D eigenvalue weighted by atomic mass is 10.1. The molecule has 0 aliphatic rings. The maximum absolute atomic E-state index is 12.0. The number of halogens is 2. The lowest BCUT2D eigenvalue weighted by molar-refractivity contribution is 0.0939. The summed E-state index contributed by atoms with van der Waals surface area (Å²) in [6.07, 6.45) is 0.761. The first-order valence-electron chi connectivity index (χ1n) is 6.08. The van der Waals surface area contributed by atoms with E-state index >= 15 is 0 Å². The third-order valence-electron chi connectivity index (χ3n) is 2.80. The van der Waals surface area contributed by atoms with Crippen molar-refractivity contribution in [2.75, 3.05) is 19.4 Å². The molecule has 7 heteroatoms. The van der Waals surface area contributed by atoms with Crippen molar-refractivity contribution in [3.8, 4) is 5.75 Å². The highest BCUT2D eigenvalue weighted by atomic mass is 35.5. The number of nitrogens with one attached hydrogen (secondary N) is 1. The Bertz CT molecular complexity index is 455. The number of nitrogen functional groups attached to an aromatic ring is 1. The molecule has 0 aliphatic heterocycles. The van der Waals surface area contributed by atoms with Crippen LogP contribution in [0.15, 0.2) is 12.1 Å². The number of aliphatic hydroxyl groups is 1. The largest absolute Gasteiger partial charge is 0.496 e. The topological polar surface area (TPSA) is 84.6 Å². The van der Waals surface area contributed by atoms with Crippen molar-refractivity contribution in [3.05, 3.63) is 22.7 Å². The zero-order valence-electron chi connectivity index (χ0n) is 11.5. The minimum absolute atomic E-state index is 0. The Hall–Kier alpha value is -1.17. The first-order chi connectivity index (χ1) is 8.99. The highest BCUT2D eigenvalue weighted by molar-refractivity contribution is 6.33. The van der Waals surface area contributed by atoms with E-state index in [1.807, 2.05) is 6.92 Å². The molecule has 0 radical (unpaired) electrons. The van der Waals surface area contributed by atoms with Crippen LogP contribution in [0.3, 0.4) is 0 Å². The second-order valence-corrected chi connectivity index (χ2v) is 4.59. The van der Waals surface area contributed by atoms with Gasteiger partial charge in [0.1, 0.15) is 5.75 Å². The van der Waals surface area contributed by atoms with Crippen LogP contribution in [-0.4, -0.2) is 30.8 Å². The number of amides is 1. The van der Waals surface area contributed by atoms with Crippen molar-refractivity contribution in [2.24, 2.45) is 0 Å². The van der Waals surface area contributed by atoms with Gasteiger partial charge in [-0.15, -0.1) is 12.4 Å². The predicted molar refractivity (Wildman–Crippen MR) is 82.9 cm³/mol. The van der Waals surface area contributed by atoms with E-state index in [0.29, 0.717) is 41.4 Å². The molecule has 0 spiro atoms. The summed E-state index contributed by atoms with van der Waals surface area (Å²) < 4.78 is 5.10. The fourth-order valence-electron chi connectivity index (χ4n) is 1.57. The molecule has 0 saturated carbocycles. The number of hydrogen-bond donors (Lipinski definition) is 3. The Balaban J connectivity index is 0.00000361. The SMILES string of the molecule is CCC(O)CCNC(=O)c1cc(Cl)c(N)cc1OC.Cl. The van der Waals surface area contributed by atoms with Crippen LogP contribution >= 0.6 is 24.0 Å². The van der Waals surface area contributed by atoms with E-state index < -0.39 is 6.10 Å². The number of methoxy groups -OCH3 is 1. The van der Waals surface area contributed by atoms with Crippen LogP contribution in [0.25, 0.3) is 0 Å². The van der Waals surface area contributed by atoms with Crippen LogP contribution in [0.5, 0.6) is 5.75 Å². The summed E-state index contributed by atoms with van der Waals surface area (Å²) in [6, 6.07) is 2.99. The fraction of sp³-hybridized carbons (Fsp3) is 0.462. The highest BCUT2D eigenvalue weighted by Gasteiger charge is 2.15. The minimum atomic E-state index is -0.405. The molecule has 0 aromatic heterocycles. The monoisotopic (exact) mass is 322 g/mol. The van der Waals surface area contributed by atoms with Crippen molar-refractivity contribution in [2.45, 2.75) is 25.9 Å². The quantitative estimate of drug-likeness (QED) is 0.701. The van der Waals surface area contributed by atoms with Crippen LogP contribution in [-0.2, 0) is 0 Å². The Kier molecular flexibility index (Phi) is 8.37. The van der Waals surface area contributed by atoms with Gasteiger partial charge in [-0.1, -0.05) is 18.5 Å². The van der Waals surface area contributed by atoms with Gasteiger partial charge in [-0.05, 0) is 18.9 Å². The highest BCUT2D eigenvalue weighted by Crippen LogP contribution is 2.28. The first-order valence-corrected chi connectivity index (χ1v) is 6.46. The molecule has 1 aromatic carbocycles. The van der Waals surface area contributed by atoms with Crippen molar-refractivity contribution < 1.29 is 14.6 Å². The van der Waals surface area contributed by atoms with E-state index in [1.54, 1.807) is 0 Å². The number of rotatable bonds is 6. The Labute approximate surface area is 129 Å². The molecule has 1 amide bonds. The number of anilines is 1. The molecule has 0 fully saturated rings. The van der Waals surface area contributed by atoms with Gasteiger partial charge in [0.25, 0.3) is 5.91 Å². The second kappa shape index (κ2) is 8.89. The average Bonchev–Trinajstić information content (AvgIpc) is 2.40. The summed E-state index contributed by atoms with van der Waals surface area (Å²) >= 11 is 5.89. The van der Waals surface area contributed by atoms with Gasteiger partial charge in [0.2, 0.25) is 0 Å². The number of nitrogens with two attached hydrogens (primary N) is 1. The summed E-state index contributed by atoms with van der Waals surface area (Å²) in [5, 5.41) is 12.4. The van der Waals surface area contributed by atoms with Gasteiger partial charge in [-0.3, -0.25) is 4.79 Å². The van der Waals surface area contributed by atoms with E-state index in [2.05, 4.69) is 5.32 Å². The van der Waals surface area contributed by atoms with E-state index in [-0.39, 0.29) is 18.3 Å². The second-order valence-electron chi connectivity index (χ2n) is 4.18. The van der Waals surface area contributed by atoms with Crippen LogP contribution in [0.2, 0.25) is 5.02 Å². The maximum Gasteiger partial charge on any atom is 0.255 e. The molecule has 1 unspecified atom stereocenters. The number of ether oxygens (including phenoxy) is 1. The third kappa shape index (κ3) is 5.07. The number of aliphatic hydroxyl groups excluding tert-OH is 1. The smallest absolute Gasteiger partial charge is 0.255 e. The molecule has 0 saturated heterocycles. The van der Waals surface area contributed by atoms with Gasteiger partial charge < -0.3 is 20.9 Å². The van der Waals surface area contributed by atoms with Gasteiger partial charge in [-0.2, -0.15) is 0 Å².